The molecule has 0 amide bonds. The first-order valence-electron chi connectivity index (χ1n) is 9.81. The van der Waals surface area contributed by atoms with Crippen molar-refractivity contribution in [2.75, 3.05) is 13.7 Å². The maximum atomic E-state index is 14.5. The number of aliphatic hydroxyl groups excluding tert-OH is 1. The number of halogens is 2. The van der Waals surface area contributed by atoms with Gasteiger partial charge in [0.2, 0.25) is 0 Å². The van der Waals surface area contributed by atoms with Gasteiger partial charge in [0.05, 0.1) is 31.0 Å². The Bertz CT molecular complexity index is 1070. The van der Waals surface area contributed by atoms with E-state index >= 15 is 0 Å². The molecule has 0 aliphatic heterocycles. The van der Waals surface area contributed by atoms with Crippen molar-refractivity contribution >= 4 is 26.8 Å². The summed E-state index contributed by atoms with van der Waals surface area (Å²) < 4.78 is 26.7. The minimum atomic E-state index is -0.498. The van der Waals surface area contributed by atoms with Crippen LogP contribution in [-0.4, -0.2) is 40.9 Å². The van der Waals surface area contributed by atoms with Crippen molar-refractivity contribution in [2.45, 2.75) is 31.4 Å². The van der Waals surface area contributed by atoms with Crippen LogP contribution >= 0.6 is 15.9 Å². The van der Waals surface area contributed by atoms with E-state index in [0.717, 1.165) is 12.8 Å². The van der Waals surface area contributed by atoms with Gasteiger partial charge in [-0.2, -0.15) is 0 Å². The first-order chi connectivity index (χ1) is 14.5. The summed E-state index contributed by atoms with van der Waals surface area (Å²) in [6, 6.07) is 8.24. The zero-order chi connectivity index (χ0) is 21.3. The molecule has 3 unspecified atom stereocenters. The molecule has 0 saturated heterocycles. The summed E-state index contributed by atoms with van der Waals surface area (Å²) in [5, 5.41) is 10.7. The minimum Gasteiger partial charge on any atom is -0.493 e. The first-order valence-corrected chi connectivity index (χ1v) is 10.6. The van der Waals surface area contributed by atoms with Gasteiger partial charge in [-0.1, -0.05) is 15.9 Å². The molecule has 2 aromatic carbocycles. The molecular weight excluding hydrogens is 453 g/mol. The van der Waals surface area contributed by atoms with Crippen LogP contribution in [-0.2, 0) is 0 Å². The van der Waals surface area contributed by atoms with Crippen LogP contribution < -0.4 is 15.2 Å². The quantitative estimate of drug-likeness (QED) is 0.577. The molecule has 1 saturated carbocycles. The topological polar surface area (TPSA) is 90.5 Å². The van der Waals surface area contributed by atoms with Crippen molar-refractivity contribution in [3.63, 3.8) is 0 Å². The predicted molar refractivity (Wildman–Crippen MR) is 116 cm³/mol. The molecule has 1 aromatic heterocycles. The largest absolute Gasteiger partial charge is 0.493 e. The lowest BCUT2D eigenvalue weighted by Crippen LogP contribution is -2.41. The van der Waals surface area contributed by atoms with Crippen LogP contribution in [0, 0.1) is 11.7 Å². The molecule has 6 nitrogen and oxygen atoms in total. The molecule has 3 N–H and O–H groups in total. The van der Waals surface area contributed by atoms with E-state index in [0.29, 0.717) is 51.2 Å². The van der Waals surface area contributed by atoms with Gasteiger partial charge < -0.3 is 20.3 Å². The fraction of sp³-hybridized carbons (Fsp3) is 0.364. The van der Waals surface area contributed by atoms with Crippen molar-refractivity contribution in [1.29, 1.82) is 0 Å². The van der Waals surface area contributed by atoms with Gasteiger partial charge >= 0.3 is 0 Å². The van der Waals surface area contributed by atoms with E-state index in [1.54, 1.807) is 31.4 Å². The van der Waals surface area contributed by atoms with Crippen molar-refractivity contribution in [1.82, 2.24) is 9.97 Å². The van der Waals surface area contributed by atoms with E-state index in [1.807, 2.05) is 0 Å². The summed E-state index contributed by atoms with van der Waals surface area (Å²) in [7, 11) is 1.56. The number of nitrogens with zero attached hydrogens (tertiary/aromatic N) is 2. The van der Waals surface area contributed by atoms with E-state index in [-0.39, 0.29) is 17.8 Å². The first kappa shape index (κ1) is 21.0. The molecule has 3 atom stereocenters. The van der Waals surface area contributed by atoms with E-state index in [9.17, 15) is 9.50 Å². The summed E-state index contributed by atoms with van der Waals surface area (Å²) in [4.78, 5) is 8.64. The van der Waals surface area contributed by atoms with Gasteiger partial charge in [0.15, 0.2) is 11.5 Å². The fourth-order valence-corrected chi connectivity index (χ4v) is 4.18. The Kier molecular flexibility index (Phi) is 6.17. The molecule has 4 rings (SSSR count). The van der Waals surface area contributed by atoms with Gasteiger partial charge in [0, 0.05) is 27.5 Å². The fourth-order valence-electron chi connectivity index (χ4n) is 3.85. The molecule has 158 valence electrons. The summed E-state index contributed by atoms with van der Waals surface area (Å²) in [6.07, 6.45) is 3.21. The molecule has 3 aromatic rings. The number of benzene rings is 2. The van der Waals surface area contributed by atoms with Gasteiger partial charge in [-0.25, -0.2) is 14.4 Å². The third kappa shape index (κ3) is 4.26. The van der Waals surface area contributed by atoms with Gasteiger partial charge in [0.1, 0.15) is 12.1 Å². The minimum absolute atomic E-state index is 0.161. The van der Waals surface area contributed by atoms with Crippen LogP contribution in [0.25, 0.3) is 22.2 Å². The second-order valence-corrected chi connectivity index (χ2v) is 8.50. The van der Waals surface area contributed by atoms with Crippen LogP contribution in [0.15, 0.2) is 41.1 Å². The van der Waals surface area contributed by atoms with E-state index < -0.39 is 6.10 Å². The highest BCUT2D eigenvalue weighted by Gasteiger charge is 2.27. The lowest BCUT2D eigenvalue weighted by atomic mass is 9.85. The van der Waals surface area contributed by atoms with Crippen LogP contribution in [0.2, 0.25) is 0 Å². The Hall–Kier alpha value is -2.29. The van der Waals surface area contributed by atoms with Crippen LogP contribution in [0.1, 0.15) is 19.3 Å². The van der Waals surface area contributed by atoms with Crippen molar-refractivity contribution in [2.24, 2.45) is 11.7 Å². The Balaban J connectivity index is 1.65. The molecule has 1 aliphatic carbocycles. The molecule has 30 heavy (non-hydrogen) atoms. The summed E-state index contributed by atoms with van der Waals surface area (Å²) in [5.74, 6) is 0.912. The number of ether oxygens (including phenoxy) is 2. The molecule has 1 heterocycles. The number of methoxy groups -OCH3 is 1. The molecule has 8 heteroatoms. The smallest absolute Gasteiger partial charge is 0.163 e. The number of fused-ring (bicyclic) bond motifs is 1. The van der Waals surface area contributed by atoms with Gasteiger partial charge in [0.25, 0.3) is 0 Å². The highest BCUT2D eigenvalue weighted by Crippen LogP contribution is 2.37. The van der Waals surface area contributed by atoms with Gasteiger partial charge in [-0.3, -0.25) is 0 Å². The number of hydrogen-bond acceptors (Lipinski definition) is 6. The second kappa shape index (κ2) is 8.83. The number of hydrogen-bond donors (Lipinski definition) is 2. The van der Waals surface area contributed by atoms with Crippen molar-refractivity contribution < 1.29 is 19.0 Å². The second-order valence-electron chi connectivity index (χ2n) is 7.59. The third-order valence-electron chi connectivity index (χ3n) is 5.56. The average Bonchev–Trinajstić information content (AvgIpc) is 2.73. The molecule has 1 fully saturated rings. The molecular formula is C22H23BrFN3O3. The van der Waals surface area contributed by atoms with Crippen LogP contribution in [0.3, 0.4) is 0 Å². The third-order valence-corrected chi connectivity index (χ3v) is 6.05. The Labute approximate surface area is 182 Å². The molecule has 1 aliphatic rings. The highest BCUT2D eigenvalue weighted by atomic mass is 79.9. The summed E-state index contributed by atoms with van der Waals surface area (Å²) >= 11 is 3.28. The average molecular weight is 476 g/mol. The normalized spacial score (nSPS) is 21.6. The zero-order valence-electron chi connectivity index (χ0n) is 16.5. The number of aromatic nitrogens is 2. The molecule has 0 spiro atoms. The van der Waals surface area contributed by atoms with E-state index in [1.165, 1.54) is 12.4 Å². The summed E-state index contributed by atoms with van der Waals surface area (Å²) in [5.41, 5.74) is 7.38. The van der Waals surface area contributed by atoms with Gasteiger partial charge in [-0.05, 0) is 49.4 Å². The zero-order valence-corrected chi connectivity index (χ0v) is 18.1. The maximum Gasteiger partial charge on any atom is 0.163 e. The lowest BCUT2D eigenvalue weighted by molar-refractivity contribution is 0.0633. The van der Waals surface area contributed by atoms with Gasteiger partial charge in [-0.15, -0.1) is 0 Å². The monoisotopic (exact) mass is 475 g/mol. The number of rotatable bonds is 5. The Morgan fingerprint density at radius 1 is 1.20 bits per heavy atom. The van der Waals surface area contributed by atoms with E-state index in [2.05, 4.69) is 25.9 Å². The molecule has 0 bridgehead atoms. The van der Waals surface area contributed by atoms with Crippen molar-refractivity contribution in [3.8, 4) is 22.8 Å². The number of nitrogens with two attached hydrogens (primary N) is 1. The predicted octanol–water partition coefficient (Wildman–Crippen LogP) is 4.07. The molecule has 0 radical (unpaired) electrons. The van der Waals surface area contributed by atoms with Crippen LogP contribution in [0.5, 0.6) is 11.5 Å². The standard InChI is InChI=1S/C22H23BrFN3O3/c1-29-20-8-15-18(9-21(20)30-10-12-2-5-17(25)19(28)6-12)26-11-27-22(15)14-4-3-13(23)7-16(14)24/h3-4,7-9,11-12,17,19,28H,2,5-6,10,25H2,1H3. The summed E-state index contributed by atoms with van der Waals surface area (Å²) in [6.45, 7) is 0.449. The van der Waals surface area contributed by atoms with E-state index in [4.69, 9.17) is 15.2 Å². The number of aliphatic hydroxyl groups is 1. The van der Waals surface area contributed by atoms with Crippen molar-refractivity contribution in [3.05, 3.63) is 46.9 Å². The lowest BCUT2D eigenvalue weighted by Gasteiger charge is -2.30. The van der Waals surface area contributed by atoms with Crippen LogP contribution in [0.4, 0.5) is 4.39 Å². The highest BCUT2D eigenvalue weighted by molar-refractivity contribution is 9.10. The Morgan fingerprint density at radius 2 is 2.03 bits per heavy atom. The maximum absolute atomic E-state index is 14.5. The Morgan fingerprint density at radius 3 is 2.77 bits per heavy atom. The SMILES string of the molecule is COc1cc2c(-c3ccc(Br)cc3F)ncnc2cc1OCC1CCC(N)C(O)C1.